The molecule has 1 N–H and O–H groups in total. The average molecular weight is 316 g/mol. The number of hydrogen-bond acceptors (Lipinski definition) is 4. The van der Waals surface area contributed by atoms with Gasteiger partial charge in [0.15, 0.2) is 0 Å². The Balaban J connectivity index is 2.26. The monoisotopic (exact) mass is 316 g/mol. The van der Waals surface area contributed by atoms with Crippen LogP contribution in [0.2, 0.25) is 0 Å². The van der Waals surface area contributed by atoms with Crippen LogP contribution < -0.4 is 5.32 Å². The van der Waals surface area contributed by atoms with Crippen LogP contribution in [0.3, 0.4) is 0 Å². The quantitative estimate of drug-likeness (QED) is 0.835. The first-order valence-corrected chi connectivity index (χ1v) is 10.0. The highest BCUT2D eigenvalue weighted by molar-refractivity contribution is 7.90. The van der Waals surface area contributed by atoms with Crippen molar-refractivity contribution in [2.75, 3.05) is 12.0 Å². The van der Waals surface area contributed by atoms with Gasteiger partial charge in [-0.2, -0.15) is 0 Å². The summed E-state index contributed by atoms with van der Waals surface area (Å²) >= 11 is 0. The van der Waals surface area contributed by atoms with Gasteiger partial charge in [0.1, 0.15) is 9.84 Å². The van der Waals surface area contributed by atoms with Crippen LogP contribution in [0.15, 0.2) is 0 Å². The maximum atomic E-state index is 12.8. The molecule has 0 aromatic rings. The average Bonchev–Trinajstić information content (AvgIpc) is 2.95. The highest BCUT2D eigenvalue weighted by Crippen LogP contribution is 2.36. The number of nitrogens with zero attached hydrogens (tertiary/aromatic N) is 1. The van der Waals surface area contributed by atoms with Gasteiger partial charge in [0, 0.05) is 12.3 Å². The van der Waals surface area contributed by atoms with Crippen molar-refractivity contribution in [3.05, 3.63) is 0 Å². The summed E-state index contributed by atoms with van der Waals surface area (Å²) in [5.74, 6) is 0.533. The van der Waals surface area contributed by atoms with Crippen LogP contribution >= 0.6 is 0 Å². The molecule has 0 spiro atoms. The second kappa shape index (κ2) is 5.88. The first-order valence-electron chi connectivity index (χ1n) is 7.96. The zero-order valence-corrected chi connectivity index (χ0v) is 14.4. The van der Waals surface area contributed by atoms with Gasteiger partial charge in [0.05, 0.1) is 17.5 Å². The Morgan fingerprint density at radius 2 is 1.95 bits per heavy atom. The number of rotatable bonds is 5. The van der Waals surface area contributed by atoms with Crippen molar-refractivity contribution in [1.29, 1.82) is 0 Å². The van der Waals surface area contributed by atoms with Crippen molar-refractivity contribution in [2.45, 2.75) is 70.6 Å². The van der Waals surface area contributed by atoms with Gasteiger partial charge in [-0.25, -0.2) is 8.42 Å². The number of hydrogen-bond donors (Lipinski definition) is 1. The van der Waals surface area contributed by atoms with Crippen molar-refractivity contribution in [3.63, 3.8) is 0 Å². The molecule has 2 fully saturated rings. The summed E-state index contributed by atoms with van der Waals surface area (Å²) in [6, 6.07) is -0.279. The summed E-state index contributed by atoms with van der Waals surface area (Å²) in [5.41, 5.74) is -0.557. The third-order valence-corrected chi connectivity index (χ3v) is 6.13. The summed E-state index contributed by atoms with van der Waals surface area (Å²) in [5, 5.41) is 3.51. The van der Waals surface area contributed by atoms with Gasteiger partial charge in [-0.3, -0.25) is 10.1 Å². The van der Waals surface area contributed by atoms with Crippen molar-refractivity contribution < 1.29 is 13.2 Å². The zero-order chi connectivity index (χ0) is 15.8. The van der Waals surface area contributed by atoms with Crippen molar-refractivity contribution in [1.82, 2.24) is 10.2 Å². The highest BCUT2D eigenvalue weighted by atomic mass is 32.2. The van der Waals surface area contributed by atoms with E-state index in [2.05, 4.69) is 5.32 Å². The van der Waals surface area contributed by atoms with E-state index >= 15 is 0 Å². The number of sulfone groups is 1. The van der Waals surface area contributed by atoms with Crippen LogP contribution in [-0.4, -0.2) is 49.0 Å². The first kappa shape index (κ1) is 16.7. The van der Waals surface area contributed by atoms with E-state index in [-0.39, 0.29) is 23.9 Å². The largest absolute Gasteiger partial charge is 0.322 e. The SMILES string of the molecule is CCC1(C)NC(C2CCCC2)N(C(C)CS(C)(=O)=O)C1=O. The third kappa shape index (κ3) is 3.42. The second-order valence-corrected chi connectivity index (χ2v) is 9.16. The van der Waals surface area contributed by atoms with Gasteiger partial charge in [-0.05, 0) is 39.0 Å². The predicted octanol–water partition coefficient (Wildman–Crippen LogP) is 1.54. The van der Waals surface area contributed by atoms with E-state index in [1.165, 1.54) is 19.1 Å². The molecule has 0 aromatic heterocycles. The fourth-order valence-corrected chi connectivity index (χ4v) is 4.77. The lowest BCUT2D eigenvalue weighted by Gasteiger charge is -2.33. The molecule has 1 saturated heterocycles. The minimum Gasteiger partial charge on any atom is -0.322 e. The Morgan fingerprint density at radius 1 is 1.38 bits per heavy atom. The van der Waals surface area contributed by atoms with Crippen LogP contribution in [0.25, 0.3) is 0 Å². The molecule has 6 heteroatoms. The maximum absolute atomic E-state index is 12.8. The Hall–Kier alpha value is -0.620. The lowest BCUT2D eigenvalue weighted by Crippen LogP contribution is -2.49. The first-order chi connectivity index (χ1) is 9.68. The molecule has 0 bridgehead atoms. The molecule has 0 aromatic carbocycles. The predicted molar refractivity (Wildman–Crippen MR) is 83.6 cm³/mol. The summed E-state index contributed by atoms with van der Waals surface area (Å²) in [6.45, 7) is 5.79. The van der Waals surface area contributed by atoms with Gasteiger partial charge in [0.25, 0.3) is 0 Å². The molecule has 2 aliphatic rings. The number of carbonyl (C=O) groups is 1. The molecule has 1 heterocycles. The van der Waals surface area contributed by atoms with Crippen LogP contribution in [0.5, 0.6) is 0 Å². The molecule has 122 valence electrons. The zero-order valence-electron chi connectivity index (χ0n) is 13.6. The molecule has 1 aliphatic carbocycles. The van der Waals surface area contributed by atoms with E-state index in [1.807, 2.05) is 25.7 Å². The smallest absolute Gasteiger partial charge is 0.244 e. The molecule has 1 amide bonds. The Bertz CT molecular complexity index is 499. The lowest BCUT2D eigenvalue weighted by molar-refractivity contribution is -0.135. The highest BCUT2D eigenvalue weighted by Gasteiger charge is 2.51. The second-order valence-electron chi connectivity index (χ2n) is 6.97. The van der Waals surface area contributed by atoms with Gasteiger partial charge in [0.2, 0.25) is 5.91 Å². The molecule has 21 heavy (non-hydrogen) atoms. The number of carbonyl (C=O) groups excluding carboxylic acids is 1. The van der Waals surface area contributed by atoms with Gasteiger partial charge >= 0.3 is 0 Å². The van der Waals surface area contributed by atoms with Crippen molar-refractivity contribution in [2.24, 2.45) is 5.92 Å². The van der Waals surface area contributed by atoms with E-state index in [0.717, 1.165) is 19.3 Å². The lowest BCUT2D eigenvalue weighted by atomic mass is 9.99. The van der Waals surface area contributed by atoms with E-state index in [1.54, 1.807) is 0 Å². The van der Waals surface area contributed by atoms with Gasteiger partial charge < -0.3 is 4.90 Å². The van der Waals surface area contributed by atoms with Gasteiger partial charge in [-0.15, -0.1) is 0 Å². The third-order valence-electron chi connectivity index (χ3n) is 5.04. The van der Waals surface area contributed by atoms with Crippen LogP contribution in [0.4, 0.5) is 0 Å². The van der Waals surface area contributed by atoms with Gasteiger partial charge in [-0.1, -0.05) is 19.8 Å². The van der Waals surface area contributed by atoms with Crippen molar-refractivity contribution >= 4 is 15.7 Å². The Labute approximate surface area is 128 Å². The normalized spacial score (nSPS) is 32.9. The summed E-state index contributed by atoms with van der Waals surface area (Å²) < 4.78 is 23.2. The Morgan fingerprint density at radius 3 is 2.43 bits per heavy atom. The fourth-order valence-electron chi connectivity index (χ4n) is 3.73. The van der Waals surface area contributed by atoms with E-state index in [9.17, 15) is 13.2 Å². The summed E-state index contributed by atoms with van der Waals surface area (Å²) in [6.07, 6.45) is 6.59. The van der Waals surface area contributed by atoms with Crippen LogP contribution in [0.1, 0.15) is 52.9 Å². The molecular weight excluding hydrogens is 288 g/mol. The minimum atomic E-state index is -3.10. The van der Waals surface area contributed by atoms with E-state index in [0.29, 0.717) is 5.92 Å². The molecule has 3 atom stereocenters. The molecular formula is C15H28N2O3S. The molecule has 1 aliphatic heterocycles. The summed E-state index contributed by atoms with van der Waals surface area (Å²) in [7, 11) is -3.10. The van der Waals surface area contributed by atoms with Crippen LogP contribution in [-0.2, 0) is 14.6 Å². The topological polar surface area (TPSA) is 66.5 Å². The molecule has 1 saturated carbocycles. The van der Waals surface area contributed by atoms with Crippen molar-refractivity contribution in [3.8, 4) is 0 Å². The van der Waals surface area contributed by atoms with E-state index < -0.39 is 15.4 Å². The molecule has 3 unspecified atom stereocenters. The Kier molecular flexibility index (Phi) is 4.69. The van der Waals surface area contributed by atoms with E-state index in [4.69, 9.17) is 0 Å². The summed E-state index contributed by atoms with van der Waals surface area (Å²) in [4.78, 5) is 14.6. The number of amides is 1. The standard InChI is InChI=1S/C15H28N2O3S/c1-5-15(3)14(18)17(11(2)10-21(4,19)20)13(16-15)12-8-6-7-9-12/h11-13,16H,5-10H2,1-4H3. The molecule has 5 nitrogen and oxygen atoms in total. The fraction of sp³-hybridized carbons (Fsp3) is 0.933. The minimum absolute atomic E-state index is 0.0123. The maximum Gasteiger partial charge on any atom is 0.244 e. The number of nitrogens with one attached hydrogen (secondary N) is 1. The molecule has 0 radical (unpaired) electrons. The van der Waals surface area contributed by atoms with Crippen LogP contribution in [0, 0.1) is 5.92 Å². The molecule has 2 rings (SSSR count).